The Hall–Kier alpha value is -1.71. The molecule has 0 bridgehead atoms. The van der Waals surface area contributed by atoms with Crippen LogP contribution in [0.2, 0.25) is 0 Å². The van der Waals surface area contributed by atoms with E-state index in [0.29, 0.717) is 11.0 Å². The number of aromatic amines is 1. The van der Waals surface area contributed by atoms with Crippen molar-refractivity contribution in [1.29, 1.82) is 0 Å². The monoisotopic (exact) mass is 164 g/mol. The second-order valence-corrected chi connectivity index (χ2v) is 2.37. The third kappa shape index (κ3) is 0.972. The summed E-state index contributed by atoms with van der Waals surface area (Å²) in [6, 6.07) is 6.78. The van der Waals surface area contributed by atoms with E-state index in [-0.39, 0.29) is 0 Å². The van der Waals surface area contributed by atoms with Gasteiger partial charge in [-0.2, -0.15) is 4.39 Å². The summed E-state index contributed by atoms with van der Waals surface area (Å²) in [6.45, 7) is 0. The van der Waals surface area contributed by atoms with E-state index in [0.717, 1.165) is 0 Å². The number of hydrogen-bond donors (Lipinski definition) is 1. The summed E-state index contributed by atoms with van der Waals surface area (Å²) >= 11 is 0. The van der Waals surface area contributed by atoms with E-state index >= 15 is 0 Å². The van der Waals surface area contributed by atoms with Crippen molar-refractivity contribution in [3.05, 3.63) is 40.6 Å². The first-order valence-corrected chi connectivity index (χ1v) is 3.42. The van der Waals surface area contributed by atoms with Gasteiger partial charge >= 0.3 is 5.56 Å². The minimum absolute atomic E-state index is 0.453. The first-order valence-electron chi connectivity index (χ1n) is 3.42. The fourth-order valence-corrected chi connectivity index (χ4v) is 1.01. The molecule has 60 valence electrons. The van der Waals surface area contributed by atoms with Crippen molar-refractivity contribution >= 4 is 11.0 Å². The third-order valence-electron chi connectivity index (χ3n) is 1.56. The molecule has 0 saturated heterocycles. The Morgan fingerprint density at radius 1 is 1.33 bits per heavy atom. The first kappa shape index (κ1) is 6.97. The lowest BCUT2D eigenvalue weighted by Gasteiger charge is -1.94. The molecule has 0 saturated carbocycles. The maximum atomic E-state index is 12.6. The van der Waals surface area contributed by atoms with Gasteiger partial charge in [0, 0.05) is 0 Å². The average Bonchev–Trinajstić information content (AvgIpc) is 2.07. The van der Waals surface area contributed by atoms with Crippen molar-refractivity contribution in [1.82, 2.24) is 9.97 Å². The molecule has 0 spiro atoms. The summed E-state index contributed by atoms with van der Waals surface area (Å²) in [5.74, 6) is -0.992. The number of hydrogen-bond acceptors (Lipinski definition) is 2. The fourth-order valence-electron chi connectivity index (χ4n) is 1.01. The second kappa shape index (κ2) is 2.41. The summed E-state index contributed by atoms with van der Waals surface area (Å²) in [5, 5.41) is 0. The van der Waals surface area contributed by atoms with E-state index in [1.54, 1.807) is 24.3 Å². The van der Waals surface area contributed by atoms with E-state index in [4.69, 9.17) is 0 Å². The molecule has 0 radical (unpaired) electrons. The highest BCUT2D eigenvalue weighted by atomic mass is 19.1. The molecule has 12 heavy (non-hydrogen) atoms. The number of aromatic nitrogens is 2. The van der Waals surface area contributed by atoms with Gasteiger partial charge in [0.05, 0.1) is 11.0 Å². The summed E-state index contributed by atoms with van der Waals surface area (Å²) in [5.41, 5.74) is 0.215. The zero-order chi connectivity index (χ0) is 8.55. The molecule has 0 aliphatic rings. The van der Waals surface area contributed by atoms with Gasteiger partial charge in [0.2, 0.25) is 0 Å². The van der Waals surface area contributed by atoms with Gasteiger partial charge in [0.25, 0.3) is 5.95 Å². The molecule has 0 atom stereocenters. The van der Waals surface area contributed by atoms with Gasteiger partial charge in [0.15, 0.2) is 0 Å². The van der Waals surface area contributed by atoms with Crippen LogP contribution in [0, 0.1) is 5.95 Å². The van der Waals surface area contributed by atoms with Gasteiger partial charge in [-0.05, 0) is 12.1 Å². The van der Waals surface area contributed by atoms with Crippen LogP contribution in [0.5, 0.6) is 0 Å². The smallest absolute Gasteiger partial charge is 0.304 e. The third-order valence-corrected chi connectivity index (χ3v) is 1.56. The van der Waals surface area contributed by atoms with Crippen LogP contribution in [0.3, 0.4) is 0 Å². The van der Waals surface area contributed by atoms with E-state index in [1.807, 2.05) is 0 Å². The van der Waals surface area contributed by atoms with Crippen molar-refractivity contribution in [3.63, 3.8) is 0 Å². The minimum Gasteiger partial charge on any atom is -0.317 e. The molecule has 0 aliphatic heterocycles. The summed E-state index contributed by atoms with van der Waals surface area (Å²) in [6.07, 6.45) is 0. The van der Waals surface area contributed by atoms with Crippen LogP contribution < -0.4 is 5.56 Å². The molecule has 1 heterocycles. The number of nitrogens with zero attached hydrogens (tertiary/aromatic N) is 1. The van der Waals surface area contributed by atoms with Crippen molar-refractivity contribution in [2.24, 2.45) is 0 Å². The van der Waals surface area contributed by atoms with E-state index in [2.05, 4.69) is 9.97 Å². The van der Waals surface area contributed by atoms with Gasteiger partial charge < -0.3 is 4.98 Å². The van der Waals surface area contributed by atoms with Gasteiger partial charge in [0.1, 0.15) is 0 Å². The Balaban J connectivity index is 2.93. The summed E-state index contributed by atoms with van der Waals surface area (Å²) in [7, 11) is 0. The van der Waals surface area contributed by atoms with Gasteiger partial charge in [-0.1, -0.05) is 12.1 Å². The number of fused-ring (bicyclic) bond motifs is 1. The molecule has 0 unspecified atom stereocenters. The second-order valence-electron chi connectivity index (χ2n) is 2.37. The number of para-hydroxylation sites is 2. The number of H-pyrrole nitrogens is 1. The first-order chi connectivity index (χ1) is 5.77. The van der Waals surface area contributed by atoms with Crippen LogP contribution in [-0.4, -0.2) is 9.97 Å². The van der Waals surface area contributed by atoms with Crippen molar-refractivity contribution in [3.8, 4) is 0 Å². The van der Waals surface area contributed by atoms with E-state index in [9.17, 15) is 9.18 Å². The molecular formula is C8H5FN2O. The molecule has 0 aliphatic carbocycles. The average molecular weight is 164 g/mol. The standard InChI is InChI=1S/C8H5FN2O/c9-7-8(12)11-6-4-2-1-3-5(6)10-7/h1-4H,(H,11,12). The zero-order valence-electron chi connectivity index (χ0n) is 6.04. The number of halogens is 1. The molecule has 3 nitrogen and oxygen atoms in total. The summed E-state index contributed by atoms with van der Waals surface area (Å²) < 4.78 is 12.6. The lowest BCUT2D eigenvalue weighted by molar-refractivity contribution is 0.570. The van der Waals surface area contributed by atoms with Gasteiger partial charge in [-0.25, -0.2) is 4.98 Å². The van der Waals surface area contributed by atoms with Crippen molar-refractivity contribution in [2.45, 2.75) is 0 Å². The van der Waals surface area contributed by atoms with Crippen LogP contribution >= 0.6 is 0 Å². The van der Waals surface area contributed by atoms with Crippen LogP contribution in [-0.2, 0) is 0 Å². The van der Waals surface area contributed by atoms with Gasteiger partial charge in [-0.15, -0.1) is 0 Å². The van der Waals surface area contributed by atoms with E-state index < -0.39 is 11.5 Å². The Bertz CT molecular complexity index is 478. The molecule has 0 fully saturated rings. The van der Waals surface area contributed by atoms with Crippen LogP contribution in [0.4, 0.5) is 4.39 Å². The highest BCUT2D eigenvalue weighted by Crippen LogP contribution is 2.04. The van der Waals surface area contributed by atoms with Crippen LogP contribution in [0.25, 0.3) is 11.0 Å². The lowest BCUT2D eigenvalue weighted by atomic mass is 10.3. The predicted molar refractivity (Wildman–Crippen MR) is 42.3 cm³/mol. The molecular weight excluding hydrogens is 159 g/mol. The van der Waals surface area contributed by atoms with E-state index in [1.165, 1.54) is 0 Å². The Labute approximate surface area is 66.9 Å². The molecule has 1 N–H and O–H groups in total. The molecule has 1 aromatic heterocycles. The predicted octanol–water partition coefficient (Wildman–Crippen LogP) is 1.06. The molecule has 1 aromatic carbocycles. The van der Waals surface area contributed by atoms with Crippen LogP contribution in [0.15, 0.2) is 29.1 Å². The highest BCUT2D eigenvalue weighted by Gasteiger charge is 2.00. The molecule has 2 rings (SSSR count). The van der Waals surface area contributed by atoms with Gasteiger partial charge in [-0.3, -0.25) is 4.79 Å². The molecule has 0 amide bonds. The summed E-state index contributed by atoms with van der Waals surface area (Å²) in [4.78, 5) is 16.6. The fraction of sp³-hybridized carbons (Fsp3) is 0. The maximum Gasteiger partial charge on any atom is 0.304 e. The Morgan fingerprint density at radius 2 is 2.08 bits per heavy atom. The van der Waals surface area contributed by atoms with Crippen LogP contribution in [0.1, 0.15) is 0 Å². The Morgan fingerprint density at radius 3 is 2.92 bits per heavy atom. The Kier molecular flexibility index (Phi) is 1.40. The lowest BCUT2D eigenvalue weighted by Crippen LogP contribution is -2.12. The largest absolute Gasteiger partial charge is 0.317 e. The number of benzene rings is 1. The highest BCUT2D eigenvalue weighted by molar-refractivity contribution is 5.73. The topological polar surface area (TPSA) is 45.8 Å². The maximum absolute atomic E-state index is 12.6. The molecule has 4 heteroatoms. The van der Waals surface area contributed by atoms with Crippen molar-refractivity contribution in [2.75, 3.05) is 0 Å². The quantitative estimate of drug-likeness (QED) is 0.632. The molecule has 2 aromatic rings. The van der Waals surface area contributed by atoms with Crippen molar-refractivity contribution < 1.29 is 4.39 Å². The SMILES string of the molecule is O=c1[nH]c2ccccc2nc1F. The normalized spacial score (nSPS) is 10.4. The zero-order valence-corrected chi connectivity index (χ0v) is 6.04. The minimum atomic E-state index is -0.992. The number of nitrogens with one attached hydrogen (secondary N) is 1. The number of rotatable bonds is 0.